The Labute approximate surface area is 171 Å². The molecule has 28 heavy (non-hydrogen) atoms. The van der Waals surface area contributed by atoms with Gasteiger partial charge in [0, 0.05) is 17.8 Å². The lowest BCUT2D eigenvalue weighted by molar-refractivity contribution is -0.115. The van der Waals surface area contributed by atoms with Crippen LogP contribution in [-0.2, 0) is 18.3 Å². The lowest BCUT2D eigenvalue weighted by Crippen LogP contribution is -2.17. The van der Waals surface area contributed by atoms with E-state index in [4.69, 9.17) is 16.3 Å². The number of thioether (sulfide) groups is 1. The number of carbonyl (C=O) groups is 1. The number of nitrogens with zero attached hydrogens (tertiary/aromatic N) is 3. The molecule has 3 rings (SSSR count). The summed E-state index contributed by atoms with van der Waals surface area (Å²) in [6.07, 6.45) is -0.000328. The largest absolute Gasteiger partial charge is 0.493 e. The SMILES string of the molecule is Cn1c(CC(=O)Nc2ccccc2F)nnc1SCCOc1ccc(Cl)cc1. The molecule has 0 radical (unpaired) electrons. The smallest absolute Gasteiger partial charge is 0.232 e. The number of ether oxygens (including phenoxy) is 1. The normalized spacial score (nSPS) is 10.7. The number of amides is 1. The monoisotopic (exact) mass is 420 g/mol. The van der Waals surface area contributed by atoms with Crippen molar-refractivity contribution in [2.24, 2.45) is 7.05 Å². The third-order valence-corrected chi connectivity index (χ3v) is 5.03. The van der Waals surface area contributed by atoms with Gasteiger partial charge in [-0.05, 0) is 36.4 Å². The van der Waals surface area contributed by atoms with E-state index in [1.54, 1.807) is 35.9 Å². The first kappa shape index (κ1) is 20.2. The Balaban J connectivity index is 1.48. The van der Waals surface area contributed by atoms with Gasteiger partial charge in [-0.3, -0.25) is 4.79 Å². The van der Waals surface area contributed by atoms with Crippen molar-refractivity contribution in [2.75, 3.05) is 17.7 Å². The maximum atomic E-state index is 13.6. The van der Waals surface area contributed by atoms with Crippen LogP contribution in [0.1, 0.15) is 5.82 Å². The molecule has 0 saturated heterocycles. The second-order valence-corrected chi connectivity index (χ2v) is 7.31. The third kappa shape index (κ3) is 5.46. The number of halogens is 2. The Kier molecular flexibility index (Phi) is 6.89. The van der Waals surface area contributed by atoms with Crippen molar-refractivity contribution in [1.29, 1.82) is 0 Å². The zero-order valence-corrected chi connectivity index (χ0v) is 16.6. The summed E-state index contributed by atoms with van der Waals surface area (Å²) in [6, 6.07) is 13.2. The number of benzene rings is 2. The van der Waals surface area contributed by atoms with Crippen LogP contribution in [0.2, 0.25) is 5.02 Å². The van der Waals surface area contributed by atoms with Gasteiger partial charge in [-0.15, -0.1) is 10.2 Å². The van der Waals surface area contributed by atoms with Gasteiger partial charge in [-0.25, -0.2) is 4.39 Å². The van der Waals surface area contributed by atoms with Crippen molar-refractivity contribution >= 4 is 35.0 Å². The first-order valence-corrected chi connectivity index (χ1v) is 9.83. The molecular formula is C19H18ClFN4O2S. The van der Waals surface area contributed by atoms with Crippen LogP contribution in [0.25, 0.3) is 0 Å². The summed E-state index contributed by atoms with van der Waals surface area (Å²) >= 11 is 7.31. The lowest BCUT2D eigenvalue weighted by atomic mass is 10.3. The Hall–Kier alpha value is -2.58. The van der Waals surface area contributed by atoms with Gasteiger partial charge in [0.25, 0.3) is 0 Å². The molecule has 1 N–H and O–H groups in total. The maximum Gasteiger partial charge on any atom is 0.232 e. The highest BCUT2D eigenvalue weighted by atomic mass is 35.5. The molecule has 3 aromatic rings. The number of aromatic nitrogens is 3. The van der Waals surface area contributed by atoms with Crippen LogP contribution in [-0.4, -0.2) is 33.0 Å². The van der Waals surface area contributed by atoms with E-state index >= 15 is 0 Å². The van der Waals surface area contributed by atoms with E-state index in [2.05, 4.69) is 15.5 Å². The predicted octanol–water partition coefficient (Wildman–Crippen LogP) is 3.96. The fourth-order valence-electron chi connectivity index (χ4n) is 2.35. The van der Waals surface area contributed by atoms with E-state index in [1.807, 2.05) is 12.1 Å². The van der Waals surface area contributed by atoms with E-state index in [9.17, 15) is 9.18 Å². The third-order valence-electron chi connectivity index (χ3n) is 3.79. The van der Waals surface area contributed by atoms with Crippen molar-refractivity contribution < 1.29 is 13.9 Å². The van der Waals surface area contributed by atoms with Gasteiger partial charge in [0.05, 0.1) is 18.7 Å². The Morgan fingerprint density at radius 3 is 2.71 bits per heavy atom. The number of hydrogen-bond donors (Lipinski definition) is 1. The van der Waals surface area contributed by atoms with Crippen LogP contribution in [0.4, 0.5) is 10.1 Å². The average Bonchev–Trinajstić information content (AvgIpc) is 3.02. The number of hydrogen-bond acceptors (Lipinski definition) is 5. The molecule has 0 aliphatic rings. The molecular weight excluding hydrogens is 403 g/mol. The number of rotatable bonds is 8. The molecule has 1 aromatic heterocycles. The molecule has 0 aliphatic carbocycles. The highest BCUT2D eigenvalue weighted by Gasteiger charge is 2.14. The van der Waals surface area contributed by atoms with E-state index in [0.717, 1.165) is 5.75 Å². The first-order chi connectivity index (χ1) is 13.5. The summed E-state index contributed by atoms with van der Waals surface area (Å²) in [5.41, 5.74) is 0.142. The van der Waals surface area contributed by atoms with Crippen molar-refractivity contribution in [1.82, 2.24) is 14.8 Å². The zero-order valence-electron chi connectivity index (χ0n) is 15.1. The van der Waals surface area contributed by atoms with Crippen molar-refractivity contribution in [3.8, 4) is 5.75 Å². The van der Waals surface area contributed by atoms with Gasteiger partial charge in [-0.1, -0.05) is 35.5 Å². The summed E-state index contributed by atoms with van der Waals surface area (Å²) in [4.78, 5) is 12.1. The summed E-state index contributed by atoms with van der Waals surface area (Å²) in [7, 11) is 1.79. The van der Waals surface area contributed by atoms with Gasteiger partial charge >= 0.3 is 0 Å². The molecule has 146 valence electrons. The number of carbonyl (C=O) groups excluding carboxylic acids is 1. The molecule has 0 spiro atoms. The lowest BCUT2D eigenvalue weighted by Gasteiger charge is -2.07. The van der Waals surface area contributed by atoms with E-state index in [0.29, 0.717) is 28.4 Å². The first-order valence-electron chi connectivity index (χ1n) is 8.47. The van der Waals surface area contributed by atoms with E-state index < -0.39 is 5.82 Å². The number of anilines is 1. The predicted molar refractivity (Wildman–Crippen MR) is 107 cm³/mol. The van der Waals surface area contributed by atoms with E-state index in [1.165, 1.54) is 23.9 Å². The molecule has 0 bridgehead atoms. The van der Waals surface area contributed by atoms with Gasteiger partial charge in [0.2, 0.25) is 5.91 Å². The second kappa shape index (κ2) is 9.57. The van der Waals surface area contributed by atoms with Crippen molar-refractivity contribution in [3.05, 3.63) is 65.2 Å². The Morgan fingerprint density at radius 2 is 1.96 bits per heavy atom. The highest BCUT2D eigenvalue weighted by molar-refractivity contribution is 7.99. The van der Waals surface area contributed by atoms with Gasteiger partial charge in [0.15, 0.2) is 5.16 Å². The topological polar surface area (TPSA) is 69.0 Å². The second-order valence-electron chi connectivity index (χ2n) is 5.81. The van der Waals surface area contributed by atoms with Crippen molar-refractivity contribution in [2.45, 2.75) is 11.6 Å². The Morgan fingerprint density at radius 1 is 1.21 bits per heavy atom. The summed E-state index contributed by atoms with van der Waals surface area (Å²) in [5, 5.41) is 12.0. The highest BCUT2D eigenvalue weighted by Crippen LogP contribution is 2.19. The van der Waals surface area contributed by atoms with Crippen LogP contribution in [0.5, 0.6) is 5.75 Å². The molecule has 1 heterocycles. The quantitative estimate of drug-likeness (QED) is 0.441. The van der Waals surface area contributed by atoms with Crippen LogP contribution in [0, 0.1) is 5.82 Å². The molecule has 1 amide bonds. The number of para-hydroxylation sites is 1. The van der Waals surface area contributed by atoms with E-state index in [-0.39, 0.29) is 18.0 Å². The van der Waals surface area contributed by atoms with Crippen LogP contribution >= 0.6 is 23.4 Å². The van der Waals surface area contributed by atoms with Gasteiger partial charge < -0.3 is 14.6 Å². The molecule has 0 saturated carbocycles. The minimum absolute atomic E-state index is 0.000328. The molecule has 9 heteroatoms. The standard InChI is InChI=1S/C19H18ClFN4O2S/c1-25-17(12-18(26)22-16-5-3-2-4-15(16)21)23-24-19(25)28-11-10-27-14-8-6-13(20)7-9-14/h2-9H,10-12H2,1H3,(H,22,26). The summed E-state index contributed by atoms with van der Waals surface area (Å²) in [5.74, 6) is 1.06. The van der Waals surface area contributed by atoms with Crippen LogP contribution in [0.15, 0.2) is 53.7 Å². The molecule has 0 fully saturated rings. The molecule has 6 nitrogen and oxygen atoms in total. The zero-order chi connectivity index (χ0) is 19.9. The Bertz CT molecular complexity index is 949. The molecule has 0 aliphatic heterocycles. The van der Waals surface area contributed by atoms with Gasteiger partial charge in [-0.2, -0.15) is 0 Å². The number of nitrogens with one attached hydrogen (secondary N) is 1. The summed E-state index contributed by atoms with van der Waals surface area (Å²) < 4.78 is 21.0. The summed E-state index contributed by atoms with van der Waals surface area (Å²) in [6.45, 7) is 0.488. The molecule has 0 atom stereocenters. The fraction of sp³-hybridized carbons (Fsp3) is 0.211. The molecule has 2 aromatic carbocycles. The van der Waals surface area contributed by atoms with Crippen molar-refractivity contribution in [3.63, 3.8) is 0 Å². The van der Waals surface area contributed by atoms with Crippen LogP contribution in [0.3, 0.4) is 0 Å². The minimum atomic E-state index is -0.481. The maximum absolute atomic E-state index is 13.6. The fourth-order valence-corrected chi connectivity index (χ4v) is 3.22. The van der Waals surface area contributed by atoms with Crippen LogP contribution < -0.4 is 10.1 Å². The average molecular weight is 421 g/mol. The molecule has 0 unspecified atom stereocenters. The van der Waals surface area contributed by atoms with Gasteiger partial charge in [0.1, 0.15) is 17.4 Å². The minimum Gasteiger partial charge on any atom is -0.493 e.